The maximum Gasteiger partial charge on any atom is 0.265 e. The summed E-state index contributed by atoms with van der Waals surface area (Å²) in [5, 5.41) is 6.36. The van der Waals surface area contributed by atoms with Crippen LogP contribution in [0, 0.1) is 0 Å². The van der Waals surface area contributed by atoms with Crippen LogP contribution >= 0.6 is 0 Å². The van der Waals surface area contributed by atoms with Gasteiger partial charge in [0.2, 0.25) is 0 Å². The molecule has 0 saturated carbocycles. The van der Waals surface area contributed by atoms with Gasteiger partial charge >= 0.3 is 0 Å². The van der Waals surface area contributed by atoms with Crippen molar-refractivity contribution in [3.8, 4) is 28.7 Å². The molecule has 0 aliphatic rings. The highest BCUT2D eigenvalue weighted by molar-refractivity contribution is 7.92. The van der Waals surface area contributed by atoms with E-state index >= 15 is 0 Å². The topological polar surface area (TPSA) is 125 Å². The number of sulfonamides is 1. The van der Waals surface area contributed by atoms with Crippen LogP contribution in [0.4, 0.5) is 5.69 Å². The van der Waals surface area contributed by atoms with Gasteiger partial charge in [-0.2, -0.15) is 5.10 Å². The van der Waals surface area contributed by atoms with E-state index in [1.165, 1.54) is 64.3 Å². The molecule has 248 valence electrons. The third-order valence-electron chi connectivity index (χ3n) is 7.39. The van der Waals surface area contributed by atoms with Gasteiger partial charge in [-0.15, -0.1) is 0 Å². The number of fused-ring (bicyclic) bond motifs is 1. The summed E-state index contributed by atoms with van der Waals surface area (Å²) in [6.45, 7) is -0.214. The molecule has 1 amide bonds. The molecule has 5 rings (SSSR count). The van der Waals surface area contributed by atoms with Crippen molar-refractivity contribution in [3.05, 3.63) is 114 Å². The Kier molecular flexibility index (Phi) is 10.7. The van der Waals surface area contributed by atoms with Gasteiger partial charge in [-0.05, 0) is 76.5 Å². The number of hydrazone groups is 1. The summed E-state index contributed by atoms with van der Waals surface area (Å²) in [5.41, 5.74) is 4.25. The fourth-order valence-electron chi connectivity index (χ4n) is 4.89. The molecule has 48 heavy (non-hydrogen) atoms. The summed E-state index contributed by atoms with van der Waals surface area (Å²) < 4.78 is 56.3. The summed E-state index contributed by atoms with van der Waals surface area (Å²) in [5.74, 6) is 1.09. The zero-order valence-corrected chi connectivity index (χ0v) is 27.7. The first-order valence-corrected chi connectivity index (χ1v) is 16.2. The number of hydrogen-bond acceptors (Lipinski definition) is 9. The monoisotopic (exact) mass is 669 g/mol. The van der Waals surface area contributed by atoms with Crippen LogP contribution in [-0.4, -0.2) is 55.5 Å². The predicted molar refractivity (Wildman–Crippen MR) is 184 cm³/mol. The Balaban J connectivity index is 1.29. The number of nitrogens with one attached hydrogen (secondary N) is 1. The van der Waals surface area contributed by atoms with Crippen molar-refractivity contribution in [2.24, 2.45) is 5.10 Å². The van der Waals surface area contributed by atoms with E-state index in [1.54, 1.807) is 36.4 Å². The lowest BCUT2D eigenvalue weighted by atomic mass is 10.1. The molecule has 5 aromatic rings. The minimum absolute atomic E-state index is 0.0880. The summed E-state index contributed by atoms with van der Waals surface area (Å²) in [4.78, 5) is 13.0. The summed E-state index contributed by atoms with van der Waals surface area (Å²) in [6.07, 6.45) is 1.45. The highest BCUT2D eigenvalue weighted by Gasteiger charge is 2.31. The second-order valence-corrected chi connectivity index (χ2v) is 12.3. The van der Waals surface area contributed by atoms with Crippen LogP contribution in [0.25, 0.3) is 10.8 Å². The summed E-state index contributed by atoms with van der Waals surface area (Å²) in [7, 11) is 1.34. The SMILES string of the molecule is COc1ccc(OC)c(N(CC(=O)N/N=C\c2ccc(OCc3ccc4ccccc4c3)cc2)S(=O)(=O)c2ccc(OC)c(OC)c2)c1. The van der Waals surface area contributed by atoms with E-state index in [-0.39, 0.29) is 22.1 Å². The number of methoxy groups -OCH3 is 4. The Hall–Kier alpha value is -5.75. The number of benzene rings is 5. The normalized spacial score (nSPS) is 11.2. The van der Waals surface area contributed by atoms with Gasteiger partial charge in [-0.25, -0.2) is 13.8 Å². The lowest BCUT2D eigenvalue weighted by Crippen LogP contribution is -2.39. The average molecular weight is 670 g/mol. The molecule has 0 aromatic heterocycles. The van der Waals surface area contributed by atoms with E-state index in [1.807, 2.05) is 18.2 Å². The number of anilines is 1. The molecule has 1 N–H and O–H groups in total. The van der Waals surface area contributed by atoms with Crippen molar-refractivity contribution in [2.45, 2.75) is 11.5 Å². The van der Waals surface area contributed by atoms with Gasteiger partial charge in [-0.3, -0.25) is 9.10 Å². The smallest absolute Gasteiger partial charge is 0.265 e. The van der Waals surface area contributed by atoms with E-state index in [9.17, 15) is 13.2 Å². The highest BCUT2D eigenvalue weighted by Crippen LogP contribution is 2.37. The molecule has 0 bridgehead atoms. The quantitative estimate of drug-likeness (QED) is 0.116. The predicted octanol–water partition coefficient (Wildman–Crippen LogP) is 5.80. The van der Waals surface area contributed by atoms with E-state index in [4.69, 9.17) is 23.7 Å². The van der Waals surface area contributed by atoms with Crippen molar-refractivity contribution >= 4 is 38.6 Å². The van der Waals surface area contributed by atoms with Gasteiger partial charge in [0.25, 0.3) is 15.9 Å². The van der Waals surface area contributed by atoms with Gasteiger partial charge in [0.05, 0.1) is 45.2 Å². The van der Waals surface area contributed by atoms with Gasteiger partial charge < -0.3 is 23.7 Å². The van der Waals surface area contributed by atoms with Gasteiger partial charge in [0, 0.05) is 12.1 Å². The van der Waals surface area contributed by atoms with Gasteiger partial charge in [0.15, 0.2) is 11.5 Å². The molecule has 0 atom stereocenters. The van der Waals surface area contributed by atoms with Crippen LogP contribution in [0.5, 0.6) is 28.7 Å². The zero-order chi connectivity index (χ0) is 34.1. The van der Waals surface area contributed by atoms with Crippen molar-refractivity contribution in [1.29, 1.82) is 0 Å². The van der Waals surface area contributed by atoms with Crippen molar-refractivity contribution in [3.63, 3.8) is 0 Å². The second kappa shape index (κ2) is 15.2. The third kappa shape index (κ3) is 7.78. The molecule has 0 unspecified atom stereocenters. The highest BCUT2D eigenvalue weighted by atomic mass is 32.2. The maximum atomic E-state index is 14.0. The molecule has 0 radical (unpaired) electrons. The number of carbonyl (C=O) groups is 1. The van der Waals surface area contributed by atoms with Gasteiger partial charge in [-0.1, -0.05) is 36.4 Å². The van der Waals surface area contributed by atoms with E-state index in [0.717, 1.165) is 15.3 Å². The molecular formula is C36H35N3O8S. The summed E-state index contributed by atoms with van der Waals surface area (Å²) >= 11 is 0. The first kappa shape index (κ1) is 33.6. The van der Waals surface area contributed by atoms with Crippen LogP contribution in [0.3, 0.4) is 0 Å². The number of hydrogen-bond donors (Lipinski definition) is 1. The number of rotatable bonds is 14. The molecule has 0 spiro atoms. The largest absolute Gasteiger partial charge is 0.497 e. The van der Waals surface area contributed by atoms with Crippen molar-refractivity contribution < 1.29 is 36.9 Å². The molecule has 0 aliphatic carbocycles. The molecular weight excluding hydrogens is 634 g/mol. The molecule has 0 heterocycles. The van der Waals surface area contributed by atoms with Crippen molar-refractivity contribution in [1.82, 2.24) is 5.43 Å². The van der Waals surface area contributed by atoms with Crippen molar-refractivity contribution in [2.75, 3.05) is 39.3 Å². The Morgan fingerprint density at radius 2 is 1.42 bits per heavy atom. The van der Waals surface area contributed by atoms with Crippen LogP contribution in [-0.2, 0) is 21.4 Å². The fourth-order valence-corrected chi connectivity index (χ4v) is 6.32. The molecule has 12 heteroatoms. The summed E-state index contributed by atoms with van der Waals surface area (Å²) in [6, 6.07) is 30.3. The first-order valence-electron chi connectivity index (χ1n) is 14.7. The van der Waals surface area contributed by atoms with E-state index in [0.29, 0.717) is 29.4 Å². The average Bonchev–Trinajstić information content (AvgIpc) is 3.12. The van der Waals surface area contributed by atoms with Crippen LogP contribution in [0.1, 0.15) is 11.1 Å². The maximum absolute atomic E-state index is 14.0. The Labute approximate surface area is 279 Å². The Morgan fingerprint density at radius 3 is 2.12 bits per heavy atom. The number of ether oxygens (including phenoxy) is 5. The molecule has 5 aromatic carbocycles. The molecule has 0 aliphatic heterocycles. The lowest BCUT2D eigenvalue weighted by Gasteiger charge is -2.26. The Bertz CT molecular complexity index is 2030. The van der Waals surface area contributed by atoms with Crippen LogP contribution in [0.15, 0.2) is 113 Å². The van der Waals surface area contributed by atoms with E-state index in [2.05, 4.69) is 34.8 Å². The van der Waals surface area contributed by atoms with E-state index < -0.39 is 22.5 Å². The number of amides is 1. The molecule has 0 fully saturated rings. The number of carbonyl (C=O) groups excluding carboxylic acids is 1. The van der Waals surface area contributed by atoms with Crippen LogP contribution in [0.2, 0.25) is 0 Å². The standard InChI is InChI=1S/C36H35N3O8S/c1-43-30-15-17-33(44-2)32(20-30)39(48(41,42)31-16-18-34(45-3)35(21-31)46-4)23-36(40)38-37-22-25-10-13-29(14-11-25)47-24-26-9-12-27-7-5-6-8-28(27)19-26/h5-22H,23-24H2,1-4H3,(H,38,40)/b37-22-. The minimum Gasteiger partial charge on any atom is -0.497 e. The van der Waals surface area contributed by atoms with Gasteiger partial charge in [0.1, 0.15) is 30.4 Å². The molecule has 11 nitrogen and oxygen atoms in total. The first-order chi connectivity index (χ1) is 23.2. The minimum atomic E-state index is -4.35. The lowest BCUT2D eigenvalue weighted by molar-refractivity contribution is -0.119. The third-order valence-corrected chi connectivity index (χ3v) is 9.14. The second-order valence-electron chi connectivity index (χ2n) is 10.4. The van der Waals surface area contributed by atoms with Crippen LogP contribution < -0.4 is 33.4 Å². The number of nitrogens with zero attached hydrogens (tertiary/aromatic N) is 2. The molecule has 0 saturated heterocycles. The zero-order valence-electron chi connectivity index (χ0n) is 26.9. The fraction of sp³-hybridized carbons (Fsp3) is 0.167. The Morgan fingerprint density at radius 1 is 0.729 bits per heavy atom.